The Kier molecular flexibility index (Phi) is 3.46. The molecule has 1 atom stereocenters. The van der Waals surface area contributed by atoms with Gasteiger partial charge < -0.3 is 9.73 Å². The van der Waals surface area contributed by atoms with Crippen LogP contribution in [-0.4, -0.2) is 23.0 Å². The number of furan rings is 1. The number of hydrogen-bond donors (Lipinski definition) is 1. The Hall–Kier alpha value is -0.780. The van der Waals surface area contributed by atoms with Crippen molar-refractivity contribution in [3.8, 4) is 11.3 Å². The maximum Gasteiger partial charge on any atom is 0.111 e. The van der Waals surface area contributed by atoms with Crippen molar-refractivity contribution in [3.63, 3.8) is 0 Å². The van der Waals surface area contributed by atoms with E-state index in [4.69, 9.17) is 9.40 Å². The van der Waals surface area contributed by atoms with Gasteiger partial charge in [0.25, 0.3) is 0 Å². The fraction of sp³-hybridized carbons (Fsp3) is 0.462. The third kappa shape index (κ3) is 2.35. The van der Waals surface area contributed by atoms with Gasteiger partial charge in [-0.25, -0.2) is 4.98 Å². The molecule has 18 heavy (non-hydrogen) atoms. The second kappa shape index (κ2) is 5.07. The molecule has 1 aliphatic rings. The molecule has 1 unspecified atom stereocenters. The summed E-state index contributed by atoms with van der Waals surface area (Å²) in [6.45, 7) is 5.05. The molecule has 3 rings (SSSR count). The number of nitrogens with zero attached hydrogens (tertiary/aromatic N) is 1. The van der Waals surface area contributed by atoms with Gasteiger partial charge in [-0.15, -0.1) is 11.3 Å². The van der Waals surface area contributed by atoms with Crippen molar-refractivity contribution in [2.45, 2.75) is 19.9 Å². The Labute approximate surface area is 115 Å². The Balaban J connectivity index is 1.86. The first-order valence-corrected chi connectivity index (χ1v) is 8.11. The van der Waals surface area contributed by atoms with Gasteiger partial charge >= 0.3 is 0 Å². The van der Waals surface area contributed by atoms with Crippen LogP contribution in [0.2, 0.25) is 0 Å². The number of thioether (sulfide) groups is 1. The summed E-state index contributed by atoms with van der Waals surface area (Å²) in [5, 5.41) is 6.85. The first-order chi connectivity index (χ1) is 8.74. The van der Waals surface area contributed by atoms with Crippen LogP contribution in [0.4, 0.5) is 0 Å². The quantitative estimate of drug-likeness (QED) is 0.915. The van der Waals surface area contributed by atoms with Gasteiger partial charge in [-0.05, 0) is 19.9 Å². The molecule has 5 heteroatoms. The van der Waals surface area contributed by atoms with Crippen LogP contribution in [0.15, 0.2) is 15.9 Å². The summed E-state index contributed by atoms with van der Waals surface area (Å²) in [5.41, 5.74) is 2.17. The molecule has 3 heterocycles. The number of aromatic nitrogens is 1. The number of hydrogen-bond acceptors (Lipinski definition) is 5. The largest absolute Gasteiger partial charge is 0.466 e. The first-order valence-electron chi connectivity index (χ1n) is 6.08. The molecule has 0 saturated carbocycles. The Morgan fingerprint density at radius 3 is 3.00 bits per heavy atom. The van der Waals surface area contributed by atoms with Crippen LogP contribution in [0.1, 0.15) is 22.6 Å². The molecule has 1 aliphatic heterocycles. The average Bonchev–Trinajstić information content (AvgIpc) is 2.97. The number of aryl methyl sites for hydroxylation is 2. The summed E-state index contributed by atoms with van der Waals surface area (Å²) < 4.78 is 5.57. The monoisotopic (exact) mass is 280 g/mol. The van der Waals surface area contributed by atoms with E-state index in [1.165, 1.54) is 10.8 Å². The van der Waals surface area contributed by atoms with Crippen LogP contribution in [0.3, 0.4) is 0 Å². The maximum atomic E-state index is 5.57. The highest BCUT2D eigenvalue weighted by molar-refractivity contribution is 7.99. The SMILES string of the molecule is Cc1cc(-c2csc(C3CSCCN3)n2)c(C)o1. The molecule has 96 valence electrons. The maximum absolute atomic E-state index is 5.57. The molecule has 0 aliphatic carbocycles. The van der Waals surface area contributed by atoms with E-state index in [2.05, 4.69) is 16.8 Å². The van der Waals surface area contributed by atoms with E-state index < -0.39 is 0 Å². The zero-order chi connectivity index (χ0) is 12.5. The molecular weight excluding hydrogens is 264 g/mol. The Morgan fingerprint density at radius 1 is 1.44 bits per heavy atom. The Morgan fingerprint density at radius 2 is 2.33 bits per heavy atom. The average molecular weight is 280 g/mol. The lowest BCUT2D eigenvalue weighted by molar-refractivity contribution is 0.505. The third-order valence-corrected chi connectivity index (χ3v) is 5.08. The van der Waals surface area contributed by atoms with Crippen LogP contribution in [0.25, 0.3) is 11.3 Å². The minimum Gasteiger partial charge on any atom is -0.466 e. The van der Waals surface area contributed by atoms with Crippen molar-refractivity contribution in [1.82, 2.24) is 10.3 Å². The smallest absolute Gasteiger partial charge is 0.111 e. The van der Waals surface area contributed by atoms with Crippen LogP contribution in [-0.2, 0) is 0 Å². The van der Waals surface area contributed by atoms with Gasteiger partial charge in [-0.1, -0.05) is 0 Å². The molecule has 2 aromatic heterocycles. The van der Waals surface area contributed by atoms with E-state index in [1.54, 1.807) is 11.3 Å². The minimum atomic E-state index is 0.413. The summed E-state index contributed by atoms with van der Waals surface area (Å²) in [7, 11) is 0. The molecule has 3 nitrogen and oxygen atoms in total. The van der Waals surface area contributed by atoms with E-state index in [0.29, 0.717) is 6.04 Å². The lowest BCUT2D eigenvalue weighted by Gasteiger charge is -2.20. The summed E-state index contributed by atoms with van der Waals surface area (Å²) >= 11 is 3.74. The second-order valence-electron chi connectivity index (χ2n) is 4.48. The van der Waals surface area contributed by atoms with Crippen molar-refractivity contribution in [2.75, 3.05) is 18.1 Å². The molecular formula is C13H16N2OS2. The fourth-order valence-corrected chi connectivity index (χ4v) is 4.12. The van der Waals surface area contributed by atoms with Crippen LogP contribution < -0.4 is 5.32 Å². The van der Waals surface area contributed by atoms with Crippen LogP contribution >= 0.6 is 23.1 Å². The van der Waals surface area contributed by atoms with Gasteiger partial charge in [0.1, 0.15) is 16.5 Å². The van der Waals surface area contributed by atoms with Gasteiger partial charge in [0.15, 0.2) is 0 Å². The molecule has 0 radical (unpaired) electrons. The normalized spacial score (nSPS) is 20.2. The highest BCUT2D eigenvalue weighted by Gasteiger charge is 2.19. The molecule has 0 aromatic carbocycles. The fourth-order valence-electron chi connectivity index (χ4n) is 2.18. The van der Waals surface area contributed by atoms with E-state index in [9.17, 15) is 0 Å². The van der Waals surface area contributed by atoms with E-state index in [-0.39, 0.29) is 0 Å². The van der Waals surface area contributed by atoms with Crippen molar-refractivity contribution < 1.29 is 4.42 Å². The highest BCUT2D eigenvalue weighted by atomic mass is 32.2. The second-order valence-corrected chi connectivity index (χ2v) is 6.52. The van der Waals surface area contributed by atoms with Gasteiger partial charge in [0.2, 0.25) is 0 Å². The zero-order valence-electron chi connectivity index (χ0n) is 10.5. The number of rotatable bonds is 2. The Bertz CT molecular complexity index is 541. The van der Waals surface area contributed by atoms with Gasteiger partial charge in [0, 0.05) is 29.0 Å². The predicted octanol–water partition coefficient (Wildman–Crippen LogP) is 3.40. The molecule has 1 saturated heterocycles. The molecule has 0 bridgehead atoms. The van der Waals surface area contributed by atoms with Crippen LogP contribution in [0, 0.1) is 13.8 Å². The summed E-state index contributed by atoms with van der Waals surface area (Å²) in [6.07, 6.45) is 0. The van der Waals surface area contributed by atoms with Crippen molar-refractivity contribution in [3.05, 3.63) is 28.0 Å². The molecule has 1 N–H and O–H groups in total. The first kappa shape index (κ1) is 12.3. The topological polar surface area (TPSA) is 38.1 Å². The molecule has 0 spiro atoms. The summed E-state index contributed by atoms with van der Waals surface area (Å²) in [5.74, 6) is 4.23. The van der Waals surface area contributed by atoms with Crippen molar-refractivity contribution in [2.24, 2.45) is 0 Å². The summed E-state index contributed by atoms with van der Waals surface area (Å²) in [6, 6.07) is 2.48. The van der Waals surface area contributed by atoms with E-state index >= 15 is 0 Å². The lowest BCUT2D eigenvalue weighted by atomic mass is 10.2. The van der Waals surface area contributed by atoms with Crippen LogP contribution in [0.5, 0.6) is 0 Å². The molecule has 1 fully saturated rings. The number of nitrogens with one attached hydrogen (secondary N) is 1. The van der Waals surface area contributed by atoms with Crippen molar-refractivity contribution >= 4 is 23.1 Å². The van der Waals surface area contributed by atoms with Crippen molar-refractivity contribution in [1.29, 1.82) is 0 Å². The zero-order valence-corrected chi connectivity index (χ0v) is 12.2. The highest BCUT2D eigenvalue weighted by Crippen LogP contribution is 2.31. The molecule has 2 aromatic rings. The van der Waals surface area contributed by atoms with E-state index in [0.717, 1.165) is 35.1 Å². The van der Waals surface area contributed by atoms with E-state index in [1.807, 2.05) is 25.6 Å². The number of thiazole rings is 1. The minimum absolute atomic E-state index is 0.413. The summed E-state index contributed by atoms with van der Waals surface area (Å²) in [4.78, 5) is 4.76. The van der Waals surface area contributed by atoms with Gasteiger partial charge in [-0.2, -0.15) is 11.8 Å². The lowest BCUT2D eigenvalue weighted by Crippen LogP contribution is -2.30. The van der Waals surface area contributed by atoms with Gasteiger partial charge in [-0.3, -0.25) is 0 Å². The molecule has 0 amide bonds. The predicted molar refractivity (Wildman–Crippen MR) is 77.4 cm³/mol. The third-order valence-electron chi connectivity index (χ3n) is 3.06. The van der Waals surface area contributed by atoms with Gasteiger partial charge in [0.05, 0.1) is 11.7 Å². The standard InChI is InChI=1S/C13H16N2OS2/c1-8-5-10(9(2)16-8)11-7-18-13(15-11)12-6-17-4-3-14-12/h5,7,12,14H,3-4,6H2,1-2H3.